The fourth-order valence-corrected chi connectivity index (χ4v) is 3.68. The number of anilines is 2. The largest absolute Gasteiger partial charge is 0.497 e. The number of nitrogens with one attached hydrogen (secondary N) is 2. The minimum atomic E-state index is -3.81. The second-order valence-corrected chi connectivity index (χ2v) is 7.95. The monoisotopic (exact) mass is 414 g/mol. The van der Waals surface area contributed by atoms with Crippen LogP contribution in [-0.4, -0.2) is 21.4 Å². The summed E-state index contributed by atoms with van der Waals surface area (Å²) in [5, 5.41) is 2.68. The van der Waals surface area contributed by atoms with Gasteiger partial charge in [-0.15, -0.1) is 0 Å². The van der Waals surface area contributed by atoms with Gasteiger partial charge in [-0.1, -0.05) is 0 Å². The first-order valence-corrected chi connectivity index (χ1v) is 10.1. The van der Waals surface area contributed by atoms with Crippen molar-refractivity contribution in [1.29, 1.82) is 0 Å². The summed E-state index contributed by atoms with van der Waals surface area (Å²) >= 11 is 0. The minimum Gasteiger partial charge on any atom is -0.497 e. The molecule has 0 unspecified atom stereocenters. The van der Waals surface area contributed by atoms with Crippen molar-refractivity contribution in [3.63, 3.8) is 0 Å². The van der Waals surface area contributed by atoms with Gasteiger partial charge in [-0.2, -0.15) is 0 Å². The number of benzene rings is 3. The molecule has 6 nitrogen and oxygen atoms in total. The van der Waals surface area contributed by atoms with Crippen molar-refractivity contribution in [2.45, 2.75) is 11.8 Å². The smallest absolute Gasteiger partial charge is 0.261 e. The Hall–Kier alpha value is -3.39. The number of carbonyl (C=O) groups excluding carboxylic acids is 1. The van der Waals surface area contributed by atoms with Crippen LogP contribution in [0.25, 0.3) is 0 Å². The number of carbonyl (C=O) groups is 1. The molecule has 0 atom stereocenters. The highest BCUT2D eigenvalue weighted by atomic mass is 32.2. The van der Waals surface area contributed by atoms with Crippen LogP contribution in [0.3, 0.4) is 0 Å². The molecular weight excluding hydrogens is 395 g/mol. The van der Waals surface area contributed by atoms with E-state index in [-0.39, 0.29) is 16.3 Å². The normalized spacial score (nSPS) is 11.0. The van der Waals surface area contributed by atoms with Crippen molar-refractivity contribution < 1.29 is 22.3 Å². The van der Waals surface area contributed by atoms with E-state index in [0.29, 0.717) is 22.7 Å². The van der Waals surface area contributed by atoms with Crippen molar-refractivity contribution >= 4 is 27.3 Å². The van der Waals surface area contributed by atoms with Gasteiger partial charge in [-0.3, -0.25) is 9.52 Å². The first kappa shape index (κ1) is 20.3. The summed E-state index contributed by atoms with van der Waals surface area (Å²) in [5.41, 5.74) is 1.73. The lowest BCUT2D eigenvalue weighted by molar-refractivity contribution is 0.102. The van der Waals surface area contributed by atoms with Crippen LogP contribution in [-0.2, 0) is 10.0 Å². The molecule has 3 aromatic carbocycles. The first-order chi connectivity index (χ1) is 13.8. The Morgan fingerprint density at radius 1 is 0.966 bits per heavy atom. The second-order valence-electron chi connectivity index (χ2n) is 6.27. The van der Waals surface area contributed by atoms with Crippen LogP contribution in [0.4, 0.5) is 15.8 Å². The maximum absolute atomic E-state index is 13.2. The summed E-state index contributed by atoms with van der Waals surface area (Å²) < 4.78 is 45.7. The molecule has 3 aromatic rings. The van der Waals surface area contributed by atoms with E-state index in [1.807, 2.05) is 0 Å². The van der Waals surface area contributed by atoms with E-state index in [1.165, 1.54) is 49.6 Å². The fourth-order valence-electron chi connectivity index (χ4n) is 2.62. The summed E-state index contributed by atoms with van der Waals surface area (Å²) in [6.45, 7) is 1.68. The predicted octanol–water partition coefficient (Wildman–Crippen LogP) is 4.20. The van der Waals surface area contributed by atoms with Crippen LogP contribution >= 0.6 is 0 Å². The van der Waals surface area contributed by atoms with Gasteiger partial charge in [-0.25, -0.2) is 12.8 Å². The van der Waals surface area contributed by atoms with Crippen LogP contribution in [0, 0.1) is 12.7 Å². The second kappa shape index (κ2) is 8.32. The van der Waals surface area contributed by atoms with E-state index < -0.39 is 15.9 Å². The van der Waals surface area contributed by atoms with Gasteiger partial charge in [0.2, 0.25) is 0 Å². The molecule has 0 heterocycles. The maximum Gasteiger partial charge on any atom is 0.261 e. The molecule has 0 saturated heterocycles. The van der Waals surface area contributed by atoms with Crippen LogP contribution in [0.1, 0.15) is 15.9 Å². The van der Waals surface area contributed by atoms with Crippen molar-refractivity contribution in [2.24, 2.45) is 0 Å². The number of hydrogen-bond donors (Lipinski definition) is 2. The molecule has 0 aromatic heterocycles. The molecule has 0 aliphatic carbocycles. The van der Waals surface area contributed by atoms with Gasteiger partial charge in [0.05, 0.1) is 12.0 Å². The molecule has 29 heavy (non-hydrogen) atoms. The summed E-state index contributed by atoms with van der Waals surface area (Å²) in [5.74, 6) is -0.203. The average Bonchev–Trinajstić information content (AvgIpc) is 2.70. The van der Waals surface area contributed by atoms with Crippen molar-refractivity contribution in [2.75, 3.05) is 17.1 Å². The topological polar surface area (TPSA) is 84.5 Å². The molecule has 0 fully saturated rings. The molecule has 2 N–H and O–H groups in total. The zero-order valence-corrected chi connectivity index (χ0v) is 16.6. The number of amides is 1. The number of hydrogen-bond acceptors (Lipinski definition) is 4. The van der Waals surface area contributed by atoms with Crippen LogP contribution in [0.5, 0.6) is 5.75 Å². The van der Waals surface area contributed by atoms with E-state index in [4.69, 9.17) is 4.74 Å². The van der Waals surface area contributed by atoms with Crippen molar-refractivity contribution in [3.8, 4) is 5.75 Å². The average molecular weight is 414 g/mol. The zero-order chi connectivity index (χ0) is 21.0. The standard InChI is InChI=1S/C21H19FN2O4S/c1-14-13-16(22)5-12-20(14)23-21(25)15-3-10-19(11-4-15)29(26,27)24-17-6-8-18(28-2)9-7-17/h3-13,24H,1-2H3,(H,23,25). The minimum absolute atomic E-state index is 0.0165. The molecule has 0 spiro atoms. The Morgan fingerprint density at radius 2 is 1.62 bits per heavy atom. The summed E-state index contributed by atoms with van der Waals surface area (Å²) in [6.07, 6.45) is 0. The Balaban J connectivity index is 1.73. The first-order valence-electron chi connectivity index (χ1n) is 8.63. The van der Waals surface area contributed by atoms with Gasteiger partial charge in [0, 0.05) is 16.9 Å². The highest BCUT2D eigenvalue weighted by molar-refractivity contribution is 7.92. The zero-order valence-electron chi connectivity index (χ0n) is 15.8. The van der Waals surface area contributed by atoms with Gasteiger partial charge in [0.15, 0.2) is 0 Å². The van der Waals surface area contributed by atoms with Gasteiger partial charge >= 0.3 is 0 Å². The molecule has 150 valence electrons. The molecule has 0 saturated carbocycles. The third-order valence-electron chi connectivity index (χ3n) is 4.21. The number of methoxy groups -OCH3 is 1. The highest BCUT2D eigenvalue weighted by Crippen LogP contribution is 2.21. The fraction of sp³-hybridized carbons (Fsp3) is 0.0952. The number of halogens is 1. The highest BCUT2D eigenvalue weighted by Gasteiger charge is 2.16. The van der Waals surface area contributed by atoms with Gasteiger partial charge in [-0.05, 0) is 79.2 Å². The number of aryl methyl sites for hydroxylation is 1. The van der Waals surface area contributed by atoms with Crippen molar-refractivity contribution in [3.05, 3.63) is 83.7 Å². The molecule has 0 aliphatic rings. The van der Waals surface area contributed by atoms with Gasteiger partial charge < -0.3 is 10.1 Å². The summed E-state index contributed by atoms with van der Waals surface area (Å²) in [7, 11) is -2.29. The predicted molar refractivity (Wildman–Crippen MR) is 109 cm³/mol. The quantitative estimate of drug-likeness (QED) is 0.633. The van der Waals surface area contributed by atoms with E-state index in [2.05, 4.69) is 10.0 Å². The molecule has 8 heteroatoms. The Labute approximate surface area is 168 Å². The molecular formula is C21H19FN2O4S. The Kier molecular flexibility index (Phi) is 5.84. The molecule has 0 bridgehead atoms. The van der Waals surface area contributed by atoms with Crippen LogP contribution < -0.4 is 14.8 Å². The lowest BCUT2D eigenvalue weighted by Crippen LogP contribution is -2.15. The van der Waals surface area contributed by atoms with Crippen molar-refractivity contribution in [1.82, 2.24) is 0 Å². The van der Waals surface area contributed by atoms with E-state index in [0.717, 1.165) is 0 Å². The Morgan fingerprint density at radius 3 is 2.21 bits per heavy atom. The third-order valence-corrected chi connectivity index (χ3v) is 5.60. The van der Waals surface area contributed by atoms with E-state index >= 15 is 0 Å². The van der Waals surface area contributed by atoms with Crippen LogP contribution in [0.2, 0.25) is 0 Å². The van der Waals surface area contributed by atoms with Gasteiger partial charge in [0.1, 0.15) is 11.6 Å². The lowest BCUT2D eigenvalue weighted by atomic mass is 10.1. The summed E-state index contributed by atoms with van der Waals surface area (Å²) in [4.78, 5) is 12.4. The van der Waals surface area contributed by atoms with E-state index in [1.54, 1.807) is 31.2 Å². The third kappa shape index (κ3) is 4.91. The molecule has 0 aliphatic heterocycles. The lowest BCUT2D eigenvalue weighted by Gasteiger charge is -2.10. The molecule has 3 rings (SSSR count). The maximum atomic E-state index is 13.2. The molecule has 0 radical (unpaired) electrons. The number of ether oxygens (including phenoxy) is 1. The Bertz CT molecular complexity index is 1130. The number of sulfonamides is 1. The summed E-state index contributed by atoms with van der Waals surface area (Å²) in [6, 6.07) is 16.0. The van der Waals surface area contributed by atoms with Crippen LogP contribution in [0.15, 0.2) is 71.6 Å². The SMILES string of the molecule is COc1ccc(NS(=O)(=O)c2ccc(C(=O)Nc3ccc(F)cc3C)cc2)cc1. The number of rotatable bonds is 6. The van der Waals surface area contributed by atoms with E-state index in [9.17, 15) is 17.6 Å². The molecule has 1 amide bonds. The van der Waals surface area contributed by atoms with Gasteiger partial charge in [0.25, 0.3) is 15.9 Å².